The summed E-state index contributed by atoms with van der Waals surface area (Å²) in [6.07, 6.45) is 0.0399. The Morgan fingerprint density at radius 2 is 2.23 bits per heavy atom. The molecule has 1 N–H and O–H groups in total. The van der Waals surface area contributed by atoms with Crippen molar-refractivity contribution >= 4 is 17.7 Å². The number of rotatable bonds is 6. The van der Waals surface area contributed by atoms with Gasteiger partial charge in [-0.2, -0.15) is 0 Å². The molecule has 2 amide bonds. The molecule has 0 aromatic heterocycles. The highest BCUT2D eigenvalue weighted by atomic mass is 19.1. The lowest BCUT2D eigenvalue weighted by molar-refractivity contribution is -0.119. The number of halogens is 1. The lowest BCUT2D eigenvalue weighted by atomic mass is 10.1. The molecule has 2 atom stereocenters. The number of carbonyl (C=O) groups is 2. The molecule has 1 aromatic carbocycles. The number of likely N-dealkylation sites (tertiary alicyclic amines) is 1. The Balaban J connectivity index is 1.58. The minimum atomic E-state index is -0.553. The Kier molecular flexibility index (Phi) is 5.61. The number of carbonyl (C=O) groups excluding carboxylic acids is 2. The highest BCUT2D eigenvalue weighted by Crippen LogP contribution is 2.28. The molecule has 1 unspecified atom stereocenters. The van der Waals surface area contributed by atoms with Crippen molar-refractivity contribution in [2.75, 3.05) is 44.7 Å². The summed E-state index contributed by atoms with van der Waals surface area (Å²) in [5.74, 6) is -0.111. The predicted molar refractivity (Wildman–Crippen MR) is 93.8 cm³/mol. The Morgan fingerprint density at radius 3 is 2.88 bits per heavy atom. The van der Waals surface area contributed by atoms with Gasteiger partial charge in [0.2, 0.25) is 5.91 Å². The van der Waals surface area contributed by atoms with Gasteiger partial charge in [0.25, 0.3) is 0 Å². The second-order valence-corrected chi connectivity index (χ2v) is 6.90. The molecule has 0 saturated carbocycles. The average molecular weight is 365 g/mol. The molecule has 2 fully saturated rings. The zero-order chi connectivity index (χ0) is 18.7. The summed E-state index contributed by atoms with van der Waals surface area (Å²) in [6.45, 7) is 4.35. The molecule has 2 heterocycles. The number of hydrogen-bond acceptors (Lipinski definition) is 5. The Hall–Kier alpha value is -2.35. The first-order chi connectivity index (χ1) is 12.4. The van der Waals surface area contributed by atoms with Crippen molar-refractivity contribution in [3.8, 4) is 5.75 Å². The maximum absolute atomic E-state index is 14.4. The van der Waals surface area contributed by atoms with Crippen LogP contribution in [0, 0.1) is 11.7 Å². The van der Waals surface area contributed by atoms with E-state index >= 15 is 0 Å². The molecule has 7 nitrogen and oxygen atoms in total. The third-order valence-corrected chi connectivity index (χ3v) is 4.64. The molecule has 2 saturated heterocycles. The fourth-order valence-corrected chi connectivity index (χ4v) is 3.24. The summed E-state index contributed by atoms with van der Waals surface area (Å²) in [6, 6.07) is 4.46. The highest BCUT2D eigenvalue weighted by Gasteiger charge is 2.32. The van der Waals surface area contributed by atoms with Crippen LogP contribution in [0.5, 0.6) is 5.75 Å². The van der Waals surface area contributed by atoms with Crippen molar-refractivity contribution in [3.63, 3.8) is 0 Å². The van der Waals surface area contributed by atoms with Crippen LogP contribution >= 0.6 is 0 Å². The first kappa shape index (κ1) is 18.4. The molecule has 1 aromatic rings. The van der Waals surface area contributed by atoms with Crippen LogP contribution in [0.25, 0.3) is 0 Å². The van der Waals surface area contributed by atoms with E-state index in [1.165, 1.54) is 24.0 Å². The summed E-state index contributed by atoms with van der Waals surface area (Å²) in [7, 11) is 2.06. The highest BCUT2D eigenvalue weighted by molar-refractivity contribution is 5.89. The predicted octanol–water partition coefficient (Wildman–Crippen LogP) is 1.62. The number of hydrogen-bond donors (Lipinski definition) is 1. The first-order valence-electron chi connectivity index (χ1n) is 8.76. The summed E-state index contributed by atoms with van der Waals surface area (Å²) < 4.78 is 25.2. The monoisotopic (exact) mass is 365 g/mol. The van der Waals surface area contributed by atoms with Crippen molar-refractivity contribution in [3.05, 3.63) is 24.0 Å². The lowest BCUT2D eigenvalue weighted by Crippen LogP contribution is -2.33. The van der Waals surface area contributed by atoms with Crippen LogP contribution in [-0.2, 0) is 9.53 Å². The second kappa shape index (κ2) is 7.90. The summed E-state index contributed by atoms with van der Waals surface area (Å²) in [5.41, 5.74) is 0.408. The Bertz CT molecular complexity index is 684. The van der Waals surface area contributed by atoms with Crippen LogP contribution in [0.15, 0.2) is 18.2 Å². The molecule has 142 valence electrons. The molecule has 0 bridgehead atoms. The van der Waals surface area contributed by atoms with Crippen LogP contribution in [0.4, 0.5) is 14.9 Å². The normalized spacial score (nSPS) is 23.2. The van der Waals surface area contributed by atoms with Gasteiger partial charge in [-0.15, -0.1) is 0 Å². The number of amides is 2. The molecular weight excluding hydrogens is 341 g/mol. The van der Waals surface area contributed by atoms with E-state index in [0.29, 0.717) is 18.2 Å². The molecule has 2 aliphatic rings. The third kappa shape index (κ3) is 4.43. The zero-order valence-corrected chi connectivity index (χ0v) is 15.0. The molecule has 0 spiro atoms. The summed E-state index contributed by atoms with van der Waals surface area (Å²) in [4.78, 5) is 26.5. The van der Waals surface area contributed by atoms with E-state index in [4.69, 9.17) is 9.47 Å². The Labute approximate surface area is 152 Å². The number of nitrogens with zero attached hydrogens (tertiary/aromatic N) is 2. The van der Waals surface area contributed by atoms with Crippen molar-refractivity contribution in [2.24, 2.45) is 5.92 Å². The van der Waals surface area contributed by atoms with Gasteiger partial charge in [0.15, 0.2) is 11.6 Å². The van der Waals surface area contributed by atoms with E-state index in [0.717, 1.165) is 19.5 Å². The van der Waals surface area contributed by atoms with Gasteiger partial charge in [-0.3, -0.25) is 9.69 Å². The molecular formula is C18H24FN3O4. The number of anilines is 1. The molecule has 2 aliphatic heterocycles. The lowest BCUT2D eigenvalue weighted by Gasteiger charge is -2.16. The quantitative estimate of drug-likeness (QED) is 0.830. The number of cyclic esters (lactones) is 1. The number of ether oxygens (including phenoxy) is 2. The van der Waals surface area contributed by atoms with E-state index in [1.807, 2.05) is 0 Å². The number of benzene rings is 1. The molecule has 26 heavy (non-hydrogen) atoms. The van der Waals surface area contributed by atoms with Gasteiger partial charge < -0.3 is 19.7 Å². The molecule has 8 heteroatoms. The molecule has 0 radical (unpaired) electrons. The second-order valence-electron chi connectivity index (χ2n) is 6.90. The van der Waals surface area contributed by atoms with Crippen LogP contribution < -0.4 is 15.0 Å². The van der Waals surface area contributed by atoms with Gasteiger partial charge in [0, 0.05) is 25.5 Å². The van der Waals surface area contributed by atoms with E-state index < -0.39 is 18.0 Å². The van der Waals surface area contributed by atoms with Gasteiger partial charge in [0.1, 0.15) is 6.10 Å². The standard InChI is InChI=1S/C18H24FN3O4/c1-12(23)20-8-15-10-22(18(24)26-15)14-3-4-17(16(19)7-14)25-11-13-5-6-21(2)9-13/h3-4,7,13,15H,5-6,8-11H2,1-2H3,(H,20,23)/t13?,15-/m0/s1. The third-order valence-electron chi connectivity index (χ3n) is 4.64. The maximum atomic E-state index is 14.4. The average Bonchev–Trinajstić information content (AvgIpc) is 3.17. The van der Waals surface area contributed by atoms with Gasteiger partial charge in [-0.05, 0) is 32.1 Å². The van der Waals surface area contributed by atoms with Crippen LogP contribution in [0.3, 0.4) is 0 Å². The van der Waals surface area contributed by atoms with E-state index in [2.05, 4.69) is 17.3 Å². The summed E-state index contributed by atoms with van der Waals surface area (Å²) >= 11 is 0. The summed E-state index contributed by atoms with van der Waals surface area (Å²) in [5, 5.41) is 2.61. The van der Waals surface area contributed by atoms with Gasteiger partial charge >= 0.3 is 6.09 Å². The fourth-order valence-electron chi connectivity index (χ4n) is 3.24. The van der Waals surface area contributed by atoms with Crippen LogP contribution in [0.1, 0.15) is 13.3 Å². The van der Waals surface area contributed by atoms with E-state index in [1.54, 1.807) is 6.07 Å². The van der Waals surface area contributed by atoms with Crippen molar-refractivity contribution in [1.29, 1.82) is 0 Å². The SMILES string of the molecule is CC(=O)NC[C@H]1CN(c2ccc(OCC3CCN(C)C3)c(F)c2)C(=O)O1. The zero-order valence-electron chi connectivity index (χ0n) is 15.0. The van der Waals surface area contributed by atoms with Crippen LogP contribution in [-0.4, -0.2) is 62.8 Å². The minimum absolute atomic E-state index is 0.186. The van der Waals surface area contributed by atoms with Crippen LogP contribution in [0.2, 0.25) is 0 Å². The van der Waals surface area contributed by atoms with E-state index in [-0.39, 0.29) is 24.7 Å². The van der Waals surface area contributed by atoms with Gasteiger partial charge in [-0.1, -0.05) is 0 Å². The van der Waals surface area contributed by atoms with Crippen molar-refractivity contribution in [2.45, 2.75) is 19.4 Å². The minimum Gasteiger partial charge on any atom is -0.490 e. The largest absolute Gasteiger partial charge is 0.490 e. The van der Waals surface area contributed by atoms with Gasteiger partial charge in [0.05, 0.1) is 25.4 Å². The van der Waals surface area contributed by atoms with Crippen molar-refractivity contribution < 1.29 is 23.5 Å². The smallest absolute Gasteiger partial charge is 0.414 e. The van der Waals surface area contributed by atoms with E-state index in [9.17, 15) is 14.0 Å². The van der Waals surface area contributed by atoms with Gasteiger partial charge in [-0.25, -0.2) is 9.18 Å². The molecule has 0 aliphatic carbocycles. The topological polar surface area (TPSA) is 71.1 Å². The number of nitrogens with one attached hydrogen (secondary N) is 1. The van der Waals surface area contributed by atoms with Crippen molar-refractivity contribution in [1.82, 2.24) is 10.2 Å². The fraction of sp³-hybridized carbons (Fsp3) is 0.556. The molecule has 3 rings (SSSR count). The first-order valence-corrected chi connectivity index (χ1v) is 8.76. The maximum Gasteiger partial charge on any atom is 0.414 e. The Morgan fingerprint density at radius 1 is 1.42 bits per heavy atom.